The Labute approximate surface area is 162 Å². The molecule has 3 aromatic rings. The molecular weight excluding hydrogens is 399 g/mol. The molecule has 0 aromatic carbocycles. The van der Waals surface area contributed by atoms with Crippen LogP contribution in [0.15, 0.2) is 24.4 Å². The van der Waals surface area contributed by atoms with Gasteiger partial charge >= 0.3 is 6.18 Å². The van der Waals surface area contributed by atoms with Crippen molar-refractivity contribution in [1.82, 2.24) is 29.8 Å². The molecule has 4 rings (SSSR count). The Morgan fingerprint density at radius 3 is 2.64 bits per heavy atom. The van der Waals surface area contributed by atoms with Crippen LogP contribution >= 0.6 is 11.6 Å². The van der Waals surface area contributed by atoms with Crippen molar-refractivity contribution >= 4 is 23.1 Å². The van der Waals surface area contributed by atoms with Crippen LogP contribution in [-0.4, -0.2) is 41.9 Å². The summed E-state index contributed by atoms with van der Waals surface area (Å²) in [7, 11) is 0. The molecule has 0 amide bonds. The van der Waals surface area contributed by atoms with Gasteiger partial charge in [-0.15, -0.1) is 15.3 Å². The van der Waals surface area contributed by atoms with Gasteiger partial charge in [-0.2, -0.15) is 17.7 Å². The number of rotatable bonds is 4. The van der Waals surface area contributed by atoms with Gasteiger partial charge in [0.15, 0.2) is 5.65 Å². The summed E-state index contributed by atoms with van der Waals surface area (Å²) >= 11 is 5.90. The van der Waals surface area contributed by atoms with Crippen molar-refractivity contribution in [1.29, 1.82) is 0 Å². The average Bonchev–Trinajstić information content (AvgIpc) is 3.04. The molecule has 3 aromatic heterocycles. The quantitative estimate of drug-likeness (QED) is 0.701. The molecule has 0 spiro atoms. The molecule has 12 heteroatoms. The van der Waals surface area contributed by atoms with E-state index in [4.69, 9.17) is 16.3 Å². The van der Waals surface area contributed by atoms with Gasteiger partial charge < -0.3 is 10.1 Å². The lowest BCUT2D eigenvalue weighted by atomic mass is 9.93. The molecule has 0 unspecified atom stereocenters. The van der Waals surface area contributed by atoms with Crippen LogP contribution in [0.3, 0.4) is 0 Å². The van der Waals surface area contributed by atoms with Gasteiger partial charge in [-0.25, -0.2) is 9.97 Å². The number of hydrogen-bond acceptors (Lipinski definition) is 7. The van der Waals surface area contributed by atoms with Crippen LogP contribution in [0.2, 0.25) is 5.28 Å². The molecule has 3 heterocycles. The molecule has 1 aliphatic carbocycles. The van der Waals surface area contributed by atoms with E-state index in [0.29, 0.717) is 11.5 Å². The highest BCUT2D eigenvalue weighted by Gasteiger charge is 2.35. The minimum absolute atomic E-state index is 0.0126. The Morgan fingerprint density at radius 1 is 1.11 bits per heavy atom. The first-order chi connectivity index (χ1) is 13.4. The van der Waals surface area contributed by atoms with Crippen LogP contribution in [0.4, 0.5) is 19.0 Å². The Morgan fingerprint density at radius 2 is 1.89 bits per heavy atom. The van der Waals surface area contributed by atoms with Crippen molar-refractivity contribution in [3.05, 3.63) is 35.5 Å². The minimum Gasteiger partial charge on any atom is -0.473 e. The zero-order valence-corrected chi connectivity index (χ0v) is 15.2. The maximum absolute atomic E-state index is 12.7. The topological polar surface area (TPSA) is 90.1 Å². The normalized spacial score (nSPS) is 20.3. The summed E-state index contributed by atoms with van der Waals surface area (Å²) < 4.78 is 45.4. The molecule has 0 bridgehead atoms. The molecule has 1 saturated carbocycles. The van der Waals surface area contributed by atoms with Gasteiger partial charge in [0.1, 0.15) is 11.9 Å². The average molecular weight is 414 g/mol. The predicted molar refractivity (Wildman–Crippen MR) is 93.1 cm³/mol. The fourth-order valence-corrected chi connectivity index (χ4v) is 3.25. The number of alkyl halides is 3. The van der Waals surface area contributed by atoms with Gasteiger partial charge in [0.2, 0.25) is 17.0 Å². The van der Waals surface area contributed by atoms with Crippen LogP contribution in [0.25, 0.3) is 5.65 Å². The van der Waals surface area contributed by atoms with E-state index in [1.165, 1.54) is 10.6 Å². The number of fused-ring (bicyclic) bond motifs is 1. The van der Waals surface area contributed by atoms with E-state index in [0.717, 1.165) is 31.9 Å². The van der Waals surface area contributed by atoms with Gasteiger partial charge in [-0.3, -0.25) is 0 Å². The molecule has 1 aliphatic rings. The van der Waals surface area contributed by atoms with Gasteiger partial charge in [0, 0.05) is 18.3 Å². The van der Waals surface area contributed by atoms with E-state index in [-0.39, 0.29) is 23.2 Å². The largest absolute Gasteiger partial charge is 0.473 e. The summed E-state index contributed by atoms with van der Waals surface area (Å²) in [5.74, 6) is -0.569. The van der Waals surface area contributed by atoms with E-state index in [1.54, 1.807) is 12.1 Å². The van der Waals surface area contributed by atoms with Crippen molar-refractivity contribution in [2.24, 2.45) is 0 Å². The molecule has 0 radical (unpaired) electrons. The zero-order chi connectivity index (χ0) is 19.7. The lowest BCUT2D eigenvalue weighted by Crippen LogP contribution is -2.32. The standard InChI is InChI=1S/C16H15ClF3N7O/c17-15-25-24-12-5-6-13(26-27(12)15)28-10-3-1-9(2-4-10)22-11-7-8-21-14(23-11)16(18,19)20/h5-10H,1-4H2,(H,21,22,23). The number of hydrogen-bond donors (Lipinski definition) is 1. The second-order valence-corrected chi connectivity index (χ2v) is 6.75. The second kappa shape index (κ2) is 7.38. The first-order valence-corrected chi connectivity index (χ1v) is 8.98. The van der Waals surface area contributed by atoms with Crippen LogP contribution < -0.4 is 10.1 Å². The van der Waals surface area contributed by atoms with E-state index in [2.05, 4.69) is 30.6 Å². The van der Waals surface area contributed by atoms with E-state index in [9.17, 15) is 13.2 Å². The van der Waals surface area contributed by atoms with Crippen LogP contribution in [-0.2, 0) is 6.18 Å². The third kappa shape index (κ3) is 4.08. The smallest absolute Gasteiger partial charge is 0.451 e. The van der Waals surface area contributed by atoms with Crippen molar-refractivity contribution in [2.75, 3.05) is 5.32 Å². The van der Waals surface area contributed by atoms with Crippen molar-refractivity contribution < 1.29 is 17.9 Å². The summed E-state index contributed by atoms with van der Waals surface area (Å²) in [6, 6.07) is 4.85. The molecular formula is C16H15ClF3N7O. The van der Waals surface area contributed by atoms with Gasteiger partial charge in [0.05, 0.1) is 0 Å². The van der Waals surface area contributed by atoms with Crippen molar-refractivity contribution in [3.8, 4) is 5.88 Å². The third-order valence-electron chi connectivity index (χ3n) is 4.42. The Bertz CT molecular complexity index is 972. The lowest BCUT2D eigenvalue weighted by Gasteiger charge is -2.29. The highest BCUT2D eigenvalue weighted by atomic mass is 35.5. The molecule has 148 valence electrons. The summed E-state index contributed by atoms with van der Waals surface area (Å²) in [4.78, 5) is 6.80. The highest BCUT2D eigenvalue weighted by molar-refractivity contribution is 6.28. The molecule has 0 aliphatic heterocycles. The maximum Gasteiger partial charge on any atom is 0.451 e. The number of ether oxygens (including phenoxy) is 1. The number of halogens is 4. The first-order valence-electron chi connectivity index (χ1n) is 8.60. The Hall–Kier alpha value is -2.69. The molecule has 28 heavy (non-hydrogen) atoms. The predicted octanol–water partition coefficient (Wildman–Crippen LogP) is 3.39. The third-order valence-corrected chi connectivity index (χ3v) is 4.66. The van der Waals surface area contributed by atoms with Crippen molar-refractivity contribution in [2.45, 2.75) is 44.0 Å². The van der Waals surface area contributed by atoms with Gasteiger partial charge in [-0.05, 0) is 49.4 Å². The number of anilines is 1. The fourth-order valence-electron chi connectivity index (χ4n) is 3.09. The maximum atomic E-state index is 12.7. The van der Waals surface area contributed by atoms with E-state index in [1.807, 2.05) is 0 Å². The van der Waals surface area contributed by atoms with Crippen LogP contribution in [0, 0.1) is 0 Å². The highest BCUT2D eigenvalue weighted by Crippen LogP contribution is 2.28. The second-order valence-electron chi connectivity index (χ2n) is 6.41. The summed E-state index contributed by atoms with van der Waals surface area (Å²) in [5.41, 5.74) is 0.522. The Balaban J connectivity index is 1.33. The Kier molecular flexibility index (Phi) is 4.92. The first kappa shape index (κ1) is 18.7. The SMILES string of the molecule is FC(F)(F)c1nccc(NC2CCC(Oc3ccc4nnc(Cl)n4n3)CC2)n1. The van der Waals surface area contributed by atoms with Gasteiger partial charge in [0.25, 0.3) is 0 Å². The number of aromatic nitrogens is 6. The van der Waals surface area contributed by atoms with Gasteiger partial charge in [-0.1, -0.05) is 0 Å². The summed E-state index contributed by atoms with van der Waals surface area (Å²) in [5, 5.41) is 15.0. The fraction of sp³-hybridized carbons (Fsp3) is 0.438. The molecule has 1 fully saturated rings. The summed E-state index contributed by atoms with van der Waals surface area (Å²) in [6.45, 7) is 0. The molecule has 0 atom stereocenters. The van der Waals surface area contributed by atoms with Crippen LogP contribution in [0.5, 0.6) is 5.88 Å². The molecule has 8 nitrogen and oxygen atoms in total. The number of nitrogens with zero attached hydrogens (tertiary/aromatic N) is 6. The van der Waals surface area contributed by atoms with E-state index >= 15 is 0 Å². The van der Waals surface area contributed by atoms with Crippen molar-refractivity contribution in [3.63, 3.8) is 0 Å². The van der Waals surface area contributed by atoms with Crippen LogP contribution in [0.1, 0.15) is 31.5 Å². The molecule has 0 saturated heterocycles. The number of nitrogens with one attached hydrogen (secondary N) is 1. The lowest BCUT2D eigenvalue weighted by molar-refractivity contribution is -0.144. The molecule has 1 N–H and O–H groups in total. The summed E-state index contributed by atoms with van der Waals surface area (Å²) in [6.07, 6.45) is -0.600. The minimum atomic E-state index is -4.56. The zero-order valence-electron chi connectivity index (χ0n) is 14.4. The van der Waals surface area contributed by atoms with E-state index < -0.39 is 12.0 Å². The monoisotopic (exact) mass is 413 g/mol.